The van der Waals surface area contributed by atoms with Crippen LogP contribution >= 0.6 is 0 Å². The third-order valence-electron chi connectivity index (χ3n) is 13.0. The van der Waals surface area contributed by atoms with Gasteiger partial charge in [0.15, 0.2) is 0 Å². The van der Waals surface area contributed by atoms with E-state index in [0.29, 0.717) is 7.35 Å². The number of benzene rings is 6. The van der Waals surface area contributed by atoms with Gasteiger partial charge in [-0.2, -0.15) is 0 Å². The molecule has 1 heterocycles. The van der Waals surface area contributed by atoms with E-state index in [9.17, 15) is 0 Å². The topological polar surface area (TPSA) is 0 Å². The van der Waals surface area contributed by atoms with E-state index in [1.54, 1.807) is 38.2 Å². The van der Waals surface area contributed by atoms with Gasteiger partial charge in [-0.05, 0) is 0 Å². The fraction of sp³-hybridized carbons (Fsp3) is 0.231. The summed E-state index contributed by atoms with van der Waals surface area (Å²) in [5, 5.41) is 3.40. The van der Waals surface area contributed by atoms with Crippen molar-refractivity contribution in [1.29, 1.82) is 0 Å². The molecule has 0 fully saturated rings. The van der Waals surface area contributed by atoms with Crippen molar-refractivity contribution in [3.05, 3.63) is 171 Å². The summed E-state index contributed by atoms with van der Waals surface area (Å²) in [5.74, 6) is 0. The molecular formula is C52H51HfSi. The number of fused-ring (bicyclic) bond motifs is 5. The van der Waals surface area contributed by atoms with Gasteiger partial charge in [-0.3, -0.25) is 0 Å². The first-order valence-electron chi connectivity index (χ1n) is 20.3. The van der Waals surface area contributed by atoms with Crippen LogP contribution in [0.4, 0.5) is 0 Å². The molecule has 2 unspecified atom stereocenters. The Balaban J connectivity index is 1.31. The summed E-state index contributed by atoms with van der Waals surface area (Å²) in [5.41, 5.74) is 23.9. The van der Waals surface area contributed by atoms with E-state index < -0.39 is 31.0 Å². The number of hydrogen-bond donors (Lipinski definition) is 0. The van der Waals surface area contributed by atoms with Gasteiger partial charge >= 0.3 is 336 Å². The van der Waals surface area contributed by atoms with Crippen molar-refractivity contribution >= 4 is 35.4 Å². The first kappa shape index (κ1) is 35.6. The van der Waals surface area contributed by atoms with Gasteiger partial charge in [0, 0.05) is 0 Å². The molecular weight excluding hydrogens is 831 g/mol. The molecule has 0 saturated heterocycles. The fourth-order valence-electron chi connectivity index (χ4n) is 10.1. The van der Waals surface area contributed by atoms with Crippen LogP contribution in [0.25, 0.3) is 45.5 Å². The van der Waals surface area contributed by atoms with E-state index in [2.05, 4.69) is 169 Å². The molecule has 0 nitrogen and oxygen atoms in total. The molecule has 0 bridgehead atoms. The van der Waals surface area contributed by atoms with Crippen LogP contribution in [0.3, 0.4) is 0 Å². The number of hydrogen-bond acceptors (Lipinski definition) is 0. The van der Waals surface area contributed by atoms with Crippen LogP contribution in [0.1, 0.15) is 91.4 Å². The molecule has 0 radical (unpaired) electrons. The standard InChI is InChI=1S/2C20H21.C12H9Si.Hf/c2*1-4-7-16-12-17-9-6-11-19(20(17)13-16)18-10-5-8-14(2)15(18)3;1-3-7-11-9(5-1)10-6-2-4-8-12(10)13-11;/h2*5-6,8-13H,4,7H2,1-3H3;1-7H,13H2;. The summed E-state index contributed by atoms with van der Waals surface area (Å²) >= 11 is -3.07. The Hall–Kier alpha value is -4.11. The molecule has 6 aromatic carbocycles. The van der Waals surface area contributed by atoms with E-state index in [0.717, 1.165) is 0 Å². The second-order valence-corrected chi connectivity index (χ2v) is 27.2. The summed E-state index contributed by atoms with van der Waals surface area (Å²) in [6.45, 7) is 13.9. The predicted octanol–water partition coefficient (Wildman–Crippen LogP) is 11.5. The Kier molecular flexibility index (Phi) is 9.56. The van der Waals surface area contributed by atoms with E-state index in [1.807, 2.05) is 3.32 Å². The van der Waals surface area contributed by atoms with Crippen LogP contribution < -0.4 is 13.7 Å². The Morgan fingerprint density at radius 2 is 0.944 bits per heavy atom. The Bertz CT molecular complexity index is 2390. The van der Waals surface area contributed by atoms with E-state index in [4.69, 9.17) is 0 Å². The first-order valence-corrected chi connectivity index (χ1v) is 27.6. The number of aryl methyl sites for hydroxylation is 2. The van der Waals surface area contributed by atoms with Crippen molar-refractivity contribution in [2.24, 2.45) is 0 Å². The van der Waals surface area contributed by atoms with Crippen LogP contribution in [0.5, 0.6) is 0 Å². The van der Waals surface area contributed by atoms with Crippen molar-refractivity contribution in [3.63, 3.8) is 0 Å². The normalized spacial score (nSPS) is 16.9. The van der Waals surface area contributed by atoms with E-state index in [-0.39, 0.29) is 0 Å². The van der Waals surface area contributed by atoms with Crippen LogP contribution in [0.15, 0.2) is 126 Å². The van der Waals surface area contributed by atoms with E-state index >= 15 is 0 Å². The zero-order valence-corrected chi connectivity index (χ0v) is 37.8. The minimum atomic E-state index is -3.07. The molecule has 0 N–H and O–H groups in total. The number of allylic oxidation sites excluding steroid dienone is 2. The summed E-state index contributed by atoms with van der Waals surface area (Å²) in [7, 11) is -0.598. The maximum absolute atomic E-state index is 3.07. The second-order valence-electron chi connectivity index (χ2n) is 16.0. The van der Waals surface area contributed by atoms with Gasteiger partial charge in [0.2, 0.25) is 0 Å². The number of rotatable bonds is 9. The van der Waals surface area contributed by atoms with Crippen molar-refractivity contribution < 1.29 is 21.4 Å². The summed E-state index contributed by atoms with van der Waals surface area (Å²) in [4.78, 5) is 0. The van der Waals surface area contributed by atoms with Crippen molar-refractivity contribution in [2.75, 3.05) is 0 Å². The molecule has 54 heavy (non-hydrogen) atoms. The van der Waals surface area contributed by atoms with Crippen molar-refractivity contribution in [2.45, 2.75) is 74.6 Å². The average Bonchev–Trinajstić information content (AvgIpc) is 3.86. The zero-order chi connectivity index (χ0) is 37.1. The van der Waals surface area contributed by atoms with Gasteiger partial charge in [0.05, 0.1) is 0 Å². The van der Waals surface area contributed by atoms with Crippen LogP contribution in [-0.2, 0) is 21.4 Å². The van der Waals surface area contributed by atoms with Crippen molar-refractivity contribution in [3.8, 4) is 33.4 Å². The molecule has 0 spiro atoms. The molecule has 2 atom stereocenters. The third-order valence-corrected chi connectivity index (χ3v) is 29.6. The van der Waals surface area contributed by atoms with Gasteiger partial charge in [0.25, 0.3) is 0 Å². The molecule has 0 amide bonds. The first-order chi connectivity index (χ1) is 26.4. The van der Waals surface area contributed by atoms with Gasteiger partial charge in [-0.1, -0.05) is 0 Å². The van der Waals surface area contributed by atoms with Gasteiger partial charge < -0.3 is 0 Å². The van der Waals surface area contributed by atoms with E-state index in [1.165, 1.54) is 86.9 Å². The summed E-state index contributed by atoms with van der Waals surface area (Å²) in [6, 6.07) is 45.3. The van der Waals surface area contributed by atoms with Gasteiger partial charge in [-0.15, -0.1) is 0 Å². The van der Waals surface area contributed by atoms with Gasteiger partial charge in [0.1, 0.15) is 0 Å². The van der Waals surface area contributed by atoms with Crippen LogP contribution in [0.2, 0.25) is 0 Å². The fourth-order valence-corrected chi connectivity index (χ4v) is 29.6. The monoisotopic (exact) mass is 883 g/mol. The summed E-state index contributed by atoms with van der Waals surface area (Å²) < 4.78 is 2.84. The molecule has 6 aromatic rings. The van der Waals surface area contributed by atoms with Crippen LogP contribution in [-0.4, -0.2) is 9.52 Å². The van der Waals surface area contributed by atoms with Crippen molar-refractivity contribution in [1.82, 2.24) is 0 Å². The molecule has 9 rings (SSSR count). The minimum absolute atomic E-state index is 0.514. The third kappa shape index (κ3) is 5.79. The molecule has 2 heteroatoms. The second kappa shape index (κ2) is 14.5. The zero-order valence-electron chi connectivity index (χ0n) is 32.8. The molecule has 0 aromatic heterocycles. The Morgan fingerprint density at radius 3 is 1.50 bits per heavy atom. The molecule has 3 aliphatic rings. The van der Waals surface area contributed by atoms with Gasteiger partial charge in [-0.25, -0.2) is 0 Å². The molecule has 1 aliphatic heterocycles. The SMILES string of the molecule is CCCC1=Cc2c(-c3cccc(C)c3C)cccc2[CH]1[Hf]([c]1cccc2c1[SiH2]c1ccccc1-2)[CH]1C(CCC)=Cc2c(-c3cccc(C)c3C)cccc21. The Labute approximate surface area is 333 Å². The van der Waals surface area contributed by atoms with Crippen LogP contribution in [0, 0.1) is 27.7 Å². The average molecular weight is 883 g/mol. The Morgan fingerprint density at radius 1 is 0.481 bits per heavy atom. The molecule has 267 valence electrons. The molecule has 0 saturated carbocycles. The summed E-state index contributed by atoms with van der Waals surface area (Å²) in [6.07, 6.45) is 10.1. The molecule has 2 aliphatic carbocycles. The maximum atomic E-state index is 2.69. The quantitative estimate of drug-likeness (QED) is 0.127. The predicted molar refractivity (Wildman–Crippen MR) is 233 cm³/mol.